The standard InChI is InChI=1S/C38H59N9O12S/c1-22(2)33(44-25(5)49)35(53)46-28(8-7-12-42-37(39)55)34(52)45-27-10-9-26(20-59-38(56)40-6)29(18-27)58-17-16-57-15-13-41-31(50)11-14-47-32(51)19-30(36(47)54)60-21-23(3)43-24(4)48/h9-10,18,22-23,28,30,33H,7-8,11-17,19-21H2,1-6H3,(H,40,56)(H,41,50)(H,43,48)(H,44,49)(H,45,52)(H,46,53)(H3,39,42,55)/t23?,28-,30?,33?/m0/s1. The van der Waals surface area contributed by atoms with Crippen LogP contribution in [0.3, 0.4) is 0 Å². The molecular weight excluding hydrogens is 807 g/mol. The maximum Gasteiger partial charge on any atom is 0.407 e. The molecule has 9 N–H and O–H groups in total. The van der Waals surface area contributed by atoms with Gasteiger partial charge in [0.15, 0.2) is 0 Å². The quantitative estimate of drug-likeness (QED) is 0.0445. The number of ether oxygens (including phenoxy) is 3. The number of carbonyl (C=O) groups is 9. The molecular formula is C38H59N9O12S. The van der Waals surface area contributed by atoms with Crippen LogP contribution in [0.4, 0.5) is 15.3 Å². The Hall–Kier alpha value is -5.64. The van der Waals surface area contributed by atoms with E-state index < -0.39 is 47.2 Å². The van der Waals surface area contributed by atoms with Gasteiger partial charge in [0, 0.05) is 82.5 Å². The number of carbonyl (C=O) groups excluding carboxylic acids is 9. The van der Waals surface area contributed by atoms with Gasteiger partial charge in [0.2, 0.25) is 41.4 Å². The number of imide groups is 1. The Bertz CT molecular complexity index is 1680. The summed E-state index contributed by atoms with van der Waals surface area (Å²) in [6.45, 7) is 8.27. The lowest BCUT2D eigenvalue weighted by Crippen LogP contribution is -2.54. The molecule has 1 aliphatic rings. The van der Waals surface area contributed by atoms with Gasteiger partial charge in [-0.3, -0.25) is 38.5 Å². The van der Waals surface area contributed by atoms with Gasteiger partial charge in [-0.05, 0) is 37.8 Å². The number of primary amides is 1. The summed E-state index contributed by atoms with van der Waals surface area (Å²) in [5.41, 5.74) is 5.89. The van der Waals surface area contributed by atoms with Gasteiger partial charge in [-0.25, -0.2) is 9.59 Å². The number of rotatable bonds is 26. The molecule has 0 bridgehead atoms. The van der Waals surface area contributed by atoms with Crippen LogP contribution < -0.4 is 47.7 Å². The number of hydrogen-bond acceptors (Lipinski definition) is 13. The van der Waals surface area contributed by atoms with Gasteiger partial charge in [0.25, 0.3) is 0 Å². The lowest BCUT2D eigenvalue weighted by molar-refractivity contribution is -0.138. The second kappa shape index (κ2) is 26.5. The first-order chi connectivity index (χ1) is 28.4. The van der Waals surface area contributed by atoms with Gasteiger partial charge in [0.05, 0.1) is 18.5 Å². The molecule has 1 aliphatic heterocycles. The van der Waals surface area contributed by atoms with Crippen molar-refractivity contribution in [3.8, 4) is 5.75 Å². The Morgan fingerprint density at radius 3 is 2.28 bits per heavy atom. The van der Waals surface area contributed by atoms with E-state index in [9.17, 15) is 43.2 Å². The third-order valence-corrected chi connectivity index (χ3v) is 10.1. The third kappa shape index (κ3) is 19.0. The van der Waals surface area contributed by atoms with E-state index in [1.165, 1.54) is 38.7 Å². The number of anilines is 1. The fourth-order valence-electron chi connectivity index (χ4n) is 5.68. The molecule has 10 amide bonds. The number of nitrogens with two attached hydrogens (primary N) is 1. The van der Waals surface area contributed by atoms with Crippen molar-refractivity contribution >= 4 is 70.9 Å². The number of nitrogens with one attached hydrogen (secondary N) is 7. The van der Waals surface area contributed by atoms with Crippen molar-refractivity contribution in [2.75, 3.05) is 57.6 Å². The lowest BCUT2D eigenvalue weighted by atomic mass is 10.0. The van der Waals surface area contributed by atoms with E-state index in [0.29, 0.717) is 11.3 Å². The predicted molar refractivity (Wildman–Crippen MR) is 220 cm³/mol. The van der Waals surface area contributed by atoms with Crippen molar-refractivity contribution in [1.82, 2.24) is 36.8 Å². The number of nitrogens with zero attached hydrogens (tertiary/aromatic N) is 1. The fourth-order valence-corrected chi connectivity index (χ4v) is 6.81. The summed E-state index contributed by atoms with van der Waals surface area (Å²) in [7, 11) is 1.40. The highest BCUT2D eigenvalue weighted by Gasteiger charge is 2.39. The topological polar surface area (TPSA) is 295 Å². The molecule has 0 spiro atoms. The number of alkyl carbamates (subject to hydrolysis) is 1. The summed E-state index contributed by atoms with van der Waals surface area (Å²) in [6, 6.07) is 1.76. The van der Waals surface area contributed by atoms with Crippen LogP contribution in [-0.4, -0.2) is 134 Å². The van der Waals surface area contributed by atoms with Gasteiger partial charge >= 0.3 is 12.1 Å². The molecule has 334 valence electrons. The van der Waals surface area contributed by atoms with Crippen molar-refractivity contribution < 1.29 is 57.4 Å². The maximum absolute atomic E-state index is 13.5. The summed E-state index contributed by atoms with van der Waals surface area (Å²) >= 11 is 1.29. The molecule has 1 saturated heterocycles. The Morgan fingerprint density at radius 1 is 0.917 bits per heavy atom. The maximum atomic E-state index is 13.5. The highest BCUT2D eigenvalue weighted by Crippen LogP contribution is 2.27. The average Bonchev–Trinajstić information content (AvgIpc) is 3.45. The summed E-state index contributed by atoms with van der Waals surface area (Å²) in [5.74, 6) is -2.41. The van der Waals surface area contributed by atoms with Gasteiger partial charge < -0.3 is 57.2 Å². The Labute approximate surface area is 353 Å². The minimum atomic E-state index is -1.07. The number of urea groups is 1. The Morgan fingerprint density at radius 2 is 1.63 bits per heavy atom. The van der Waals surface area contributed by atoms with Crippen LogP contribution in [-0.2, 0) is 49.6 Å². The number of likely N-dealkylation sites (tertiary alicyclic amines) is 1. The van der Waals surface area contributed by atoms with Crippen molar-refractivity contribution in [2.45, 2.75) is 90.3 Å². The monoisotopic (exact) mass is 865 g/mol. The molecule has 22 heteroatoms. The molecule has 0 saturated carbocycles. The largest absolute Gasteiger partial charge is 0.491 e. The van der Waals surface area contributed by atoms with Gasteiger partial charge in [-0.1, -0.05) is 13.8 Å². The van der Waals surface area contributed by atoms with E-state index in [1.54, 1.807) is 26.0 Å². The first-order valence-electron chi connectivity index (χ1n) is 19.5. The van der Waals surface area contributed by atoms with Crippen LogP contribution in [0.15, 0.2) is 18.2 Å². The third-order valence-electron chi connectivity index (χ3n) is 8.62. The summed E-state index contributed by atoms with van der Waals surface area (Å²) in [4.78, 5) is 111. The van der Waals surface area contributed by atoms with Crippen molar-refractivity contribution in [3.05, 3.63) is 23.8 Å². The van der Waals surface area contributed by atoms with Gasteiger partial charge in [-0.15, -0.1) is 11.8 Å². The number of hydrogen-bond donors (Lipinski definition) is 8. The Kier molecular flexibility index (Phi) is 22.3. The number of thioether (sulfide) groups is 1. The van der Waals surface area contributed by atoms with Crippen molar-refractivity contribution in [3.63, 3.8) is 0 Å². The van der Waals surface area contributed by atoms with Crippen LogP contribution >= 0.6 is 11.8 Å². The van der Waals surface area contributed by atoms with Crippen LogP contribution in [0.1, 0.15) is 65.9 Å². The molecule has 1 heterocycles. The molecule has 1 aromatic rings. The van der Waals surface area contributed by atoms with E-state index in [0.717, 1.165) is 4.90 Å². The normalized spacial score (nSPS) is 15.0. The van der Waals surface area contributed by atoms with Crippen LogP contribution in [0.5, 0.6) is 5.75 Å². The average molecular weight is 866 g/mol. The number of amides is 10. The van der Waals surface area contributed by atoms with Crippen molar-refractivity contribution in [2.24, 2.45) is 11.7 Å². The van der Waals surface area contributed by atoms with E-state index in [2.05, 4.69) is 37.2 Å². The zero-order valence-corrected chi connectivity index (χ0v) is 35.8. The highest BCUT2D eigenvalue weighted by atomic mass is 32.2. The summed E-state index contributed by atoms with van der Waals surface area (Å²) in [6.07, 6.45) is -0.329. The molecule has 4 atom stereocenters. The summed E-state index contributed by atoms with van der Waals surface area (Å²) < 4.78 is 16.7. The minimum Gasteiger partial charge on any atom is -0.491 e. The zero-order valence-electron chi connectivity index (χ0n) is 34.9. The smallest absolute Gasteiger partial charge is 0.407 e. The van der Waals surface area contributed by atoms with Crippen LogP contribution in [0, 0.1) is 5.92 Å². The van der Waals surface area contributed by atoms with E-state index in [4.69, 9.17) is 19.9 Å². The zero-order chi connectivity index (χ0) is 44.8. The molecule has 21 nitrogen and oxygen atoms in total. The first kappa shape index (κ1) is 50.5. The number of benzene rings is 1. The summed E-state index contributed by atoms with van der Waals surface area (Å²) in [5, 5.41) is 17.7. The van der Waals surface area contributed by atoms with E-state index in [1.807, 2.05) is 6.92 Å². The molecule has 0 radical (unpaired) electrons. The van der Waals surface area contributed by atoms with E-state index >= 15 is 0 Å². The molecule has 0 aliphatic carbocycles. The molecule has 1 aromatic carbocycles. The van der Waals surface area contributed by atoms with Crippen LogP contribution in [0.25, 0.3) is 0 Å². The predicted octanol–water partition coefficient (Wildman–Crippen LogP) is -0.138. The second-order valence-corrected chi connectivity index (χ2v) is 15.4. The van der Waals surface area contributed by atoms with Gasteiger partial charge in [-0.2, -0.15) is 0 Å². The second-order valence-electron chi connectivity index (χ2n) is 14.1. The van der Waals surface area contributed by atoms with Gasteiger partial charge in [0.1, 0.15) is 31.0 Å². The highest BCUT2D eigenvalue weighted by molar-refractivity contribution is 8.00. The van der Waals surface area contributed by atoms with E-state index in [-0.39, 0.29) is 119 Å². The first-order valence-corrected chi connectivity index (χ1v) is 20.6. The molecule has 0 aromatic heterocycles. The molecule has 3 unspecified atom stereocenters. The lowest BCUT2D eigenvalue weighted by Gasteiger charge is -2.25. The molecule has 1 fully saturated rings. The fraction of sp³-hybridized carbons (Fsp3) is 0.605. The van der Waals surface area contributed by atoms with Crippen molar-refractivity contribution in [1.29, 1.82) is 0 Å². The molecule has 60 heavy (non-hydrogen) atoms. The SMILES string of the molecule is CNC(=O)OCc1ccc(NC(=O)[C@H](CCCNC(N)=O)NC(=O)C(NC(C)=O)C(C)C)cc1OCCOCCNC(=O)CCN1C(=O)CC(SCC(C)NC(C)=O)C1=O. The Balaban J connectivity index is 1.95. The minimum absolute atomic E-state index is 0.0194. The van der Waals surface area contributed by atoms with Crippen LogP contribution in [0.2, 0.25) is 0 Å². The molecule has 2 rings (SSSR count).